The minimum absolute atomic E-state index is 0.200. The number of thiophene rings is 1. The monoisotopic (exact) mass is 344 g/mol. The van der Waals surface area contributed by atoms with E-state index in [0.29, 0.717) is 12.2 Å². The van der Waals surface area contributed by atoms with Crippen molar-refractivity contribution < 1.29 is 22.7 Å². The number of anilines is 1. The number of halogens is 3. The van der Waals surface area contributed by atoms with Crippen LogP contribution < -0.4 is 15.4 Å². The highest BCUT2D eigenvalue weighted by Gasteiger charge is 2.30. The van der Waals surface area contributed by atoms with Gasteiger partial charge in [-0.05, 0) is 42.6 Å². The second-order valence-electron chi connectivity index (χ2n) is 4.74. The molecule has 0 aliphatic heterocycles. The van der Waals surface area contributed by atoms with E-state index in [-0.39, 0.29) is 11.7 Å². The molecule has 0 saturated carbocycles. The van der Waals surface area contributed by atoms with Gasteiger partial charge in [0.1, 0.15) is 11.8 Å². The van der Waals surface area contributed by atoms with E-state index < -0.39 is 12.4 Å². The van der Waals surface area contributed by atoms with Gasteiger partial charge in [0.05, 0.1) is 6.54 Å². The lowest BCUT2D eigenvalue weighted by molar-refractivity contribution is -0.274. The van der Waals surface area contributed by atoms with Crippen molar-refractivity contribution in [2.24, 2.45) is 0 Å². The summed E-state index contributed by atoms with van der Waals surface area (Å²) in [5, 5.41) is 7.62. The molecule has 0 spiro atoms. The first-order valence-electron chi connectivity index (χ1n) is 6.76. The van der Waals surface area contributed by atoms with E-state index in [1.807, 2.05) is 17.5 Å². The number of ether oxygens (including phenoxy) is 1. The molecule has 2 N–H and O–H groups in total. The maximum absolute atomic E-state index is 12.1. The molecule has 0 saturated heterocycles. The van der Waals surface area contributed by atoms with Gasteiger partial charge in [-0.3, -0.25) is 4.79 Å². The number of hydrogen-bond donors (Lipinski definition) is 2. The fourth-order valence-corrected chi connectivity index (χ4v) is 2.45. The Morgan fingerprint density at radius 1 is 1.26 bits per heavy atom. The van der Waals surface area contributed by atoms with Gasteiger partial charge in [-0.2, -0.15) is 0 Å². The summed E-state index contributed by atoms with van der Waals surface area (Å²) < 4.78 is 40.0. The minimum atomic E-state index is -4.72. The number of amides is 1. The molecule has 1 aromatic heterocycles. The Labute approximate surface area is 135 Å². The normalized spacial score (nSPS) is 12.5. The Balaban J connectivity index is 1.84. The molecule has 4 nitrogen and oxygen atoms in total. The predicted octanol–water partition coefficient (Wildman–Crippen LogP) is 3.76. The maximum atomic E-state index is 12.1. The smallest absolute Gasteiger partial charge is 0.406 e. The van der Waals surface area contributed by atoms with Crippen LogP contribution in [-0.4, -0.2) is 18.3 Å². The molecule has 1 amide bonds. The van der Waals surface area contributed by atoms with Crippen LogP contribution in [0.1, 0.15) is 11.8 Å². The van der Waals surface area contributed by atoms with Gasteiger partial charge in [-0.1, -0.05) is 6.07 Å². The summed E-state index contributed by atoms with van der Waals surface area (Å²) in [6.45, 7) is 2.12. The largest absolute Gasteiger partial charge is 0.573 e. The van der Waals surface area contributed by atoms with Gasteiger partial charge in [0.2, 0.25) is 5.91 Å². The van der Waals surface area contributed by atoms with Crippen LogP contribution in [0, 0.1) is 0 Å². The van der Waals surface area contributed by atoms with E-state index in [1.165, 1.54) is 24.3 Å². The average molecular weight is 344 g/mol. The third kappa shape index (κ3) is 5.82. The van der Waals surface area contributed by atoms with Gasteiger partial charge in [0.15, 0.2) is 0 Å². The van der Waals surface area contributed by atoms with Crippen molar-refractivity contribution in [3.05, 3.63) is 46.7 Å². The molecule has 1 atom stereocenters. The first-order valence-corrected chi connectivity index (χ1v) is 7.64. The molecule has 0 aliphatic rings. The third-order valence-electron chi connectivity index (χ3n) is 2.88. The van der Waals surface area contributed by atoms with E-state index in [0.717, 1.165) is 4.88 Å². The average Bonchev–Trinajstić information content (AvgIpc) is 2.98. The van der Waals surface area contributed by atoms with Crippen LogP contribution in [0.25, 0.3) is 0 Å². The highest BCUT2D eigenvalue weighted by Crippen LogP contribution is 2.24. The number of carbonyl (C=O) groups excluding carboxylic acids is 1. The third-order valence-corrected chi connectivity index (χ3v) is 3.76. The zero-order chi connectivity index (χ0) is 16.9. The molecule has 0 aliphatic carbocycles. The summed E-state index contributed by atoms with van der Waals surface area (Å²) in [5.74, 6) is -0.508. The summed E-state index contributed by atoms with van der Waals surface area (Å²) in [6.07, 6.45) is -4.72. The number of hydrogen-bond acceptors (Lipinski definition) is 4. The van der Waals surface area contributed by atoms with Crippen LogP contribution in [0.4, 0.5) is 18.9 Å². The van der Waals surface area contributed by atoms with Crippen molar-refractivity contribution in [1.82, 2.24) is 5.32 Å². The van der Waals surface area contributed by atoms with Crippen molar-refractivity contribution in [3.63, 3.8) is 0 Å². The van der Waals surface area contributed by atoms with E-state index in [2.05, 4.69) is 15.4 Å². The van der Waals surface area contributed by atoms with Gasteiger partial charge in [0.25, 0.3) is 0 Å². The molecule has 8 heteroatoms. The molecule has 2 aromatic rings. The first kappa shape index (κ1) is 17.1. The molecule has 0 unspecified atom stereocenters. The summed E-state index contributed by atoms with van der Waals surface area (Å²) in [6, 6.07) is 8.51. The molecule has 1 aromatic carbocycles. The van der Waals surface area contributed by atoms with Crippen LogP contribution in [0.15, 0.2) is 41.8 Å². The zero-order valence-electron chi connectivity index (χ0n) is 12.2. The SMILES string of the molecule is C[C@@H](Nc1ccc(OC(F)(F)F)cc1)C(=O)NCc1cccs1. The Morgan fingerprint density at radius 3 is 2.52 bits per heavy atom. The maximum Gasteiger partial charge on any atom is 0.573 e. The Hall–Kier alpha value is -2.22. The summed E-state index contributed by atoms with van der Waals surface area (Å²) in [4.78, 5) is 13.0. The van der Waals surface area contributed by atoms with Crippen LogP contribution in [0.5, 0.6) is 5.75 Å². The fraction of sp³-hybridized carbons (Fsp3) is 0.267. The Kier molecular flexibility index (Phi) is 5.49. The van der Waals surface area contributed by atoms with Crippen LogP contribution in [0.2, 0.25) is 0 Å². The lowest BCUT2D eigenvalue weighted by atomic mass is 10.2. The number of benzene rings is 1. The van der Waals surface area contributed by atoms with Gasteiger partial charge in [-0.15, -0.1) is 24.5 Å². The standard InChI is InChI=1S/C15H15F3N2O2S/c1-10(14(21)19-9-13-3-2-8-23-13)20-11-4-6-12(7-5-11)22-15(16,17)18/h2-8,10,20H,9H2,1H3,(H,19,21)/t10-/m1/s1. The van der Waals surface area contributed by atoms with E-state index >= 15 is 0 Å². The Bertz CT molecular complexity index is 627. The molecule has 0 radical (unpaired) electrons. The number of carbonyl (C=O) groups is 1. The second-order valence-corrected chi connectivity index (χ2v) is 5.77. The van der Waals surface area contributed by atoms with Crippen molar-refractivity contribution in [1.29, 1.82) is 0 Å². The highest BCUT2D eigenvalue weighted by molar-refractivity contribution is 7.09. The molecule has 0 bridgehead atoms. The lowest BCUT2D eigenvalue weighted by Crippen LogP contribution is -2.37. The molecular weight excluding hydrogens is 329 g/mol. The minimum Gasteiger partial charge on any atom is -0.406 e. The predicted molar refractivity (Wildman–Crippen MR) is 82.4 cm³/mol. The van der Waals surface area contributed by atoms with Gasteiger partial charge >= 0.3 is 6.36 Å². The van der Waals surface area contributed by atoms with Crippen LogP contribution >= 0.6 is 11.3 Å². The van der Waals surface area contributed by atoms with E-state index in [4.69, 9.17) is 0 Å². The second kappa shape index (κ2) is 7.36. The first-order chi connectivity index (χ1) is 10.8. The fourth-order valence-electron chi connectivity index (χ4n) is 1.81. The molecule has 23 heavy (non-hydrogen) atoms. The molecule has 0 fully saturated rings. The van der Waals surface area contributed by atoms with E-state index in [1.54, 1.807) is 18.3 Å². The summed E-state index contributed by atoms with van der Waals surface area (Å²) in [5.41, 5.74) is 0.526. The topological polar surface area (TPSA) is 50.4 Å². The summed E-state index contributed by atoms with van der Waals surface area (Å²) in [7, 11) is 0. The number of rotatable bonds is 6. The van der Waals surface area contributed by atoms with Crippen molar-refractivity contribution in [3.8, 4) is 5.75 Å². The Morgan fingerprint density at radius 2 is 1.96 bits per heavy atom. The number of alkyl halides is 3. The highest BCUT2D eigenvalue weighted by atomic mass is 32.1. The van der Waals surface area contributed by atoms with Crippen molar-refractivity contribution >= 4 is 22.9 Å². The van der Waals surface area contributed by atoms with Crippen molar-refractivity contribution in [2.45, 2.75) is 25.9 Å². The summed E-state index contributed by atoms with van der Waals surface area (Å²) >= 11 is 1.55. The van der Waals surface area contributed by atoms with Gasteiger partial charge in [0, 0.05) is 10.6 Å². The van der Waals surface area contributed by atoms with Crippen LogP contribution in [-0.2, 0) is 11.3 Å². The quantitative estimate of drug-likeness (QED) is 0.839. The lowest BCUT2D eigenvalue weighted by Gasteiger charge is -2.15. The zero-order valence-corrected chi connectivity index (χ0v) is 13.0. The van der Waals surface area contributed by atoms with Crippen LogP contribution in [0.3, 0.4) is 0 Å². The molecular formula is C15H15F3N2O2S. The molecule has 1 heterocycles. The van der Waals surface area contributed by atoms with Gasteiger partial charge in [-0.25, -0.2) is 0 Å². The van der Waals surface area contributed by atoms with Crippen molar-refractivity contribution in [2.75, 3.05) is 5.32 Å². The molecule has 124 valence electrons. The van der Waals surface area contributed by atoms with E-state index in [9.17, 15) is 18.0 Å². The van der Waals surface area contributed by atoms with Gasteiger partial charge < -0.3 is 15.4 Å². The number of nitrogens with one attached hydrogen (secondary N) is 2. The molecule has 2 rings (SSSR count).